The third kappa shape index (κ3) is 3.65. The Hall–Kier alpha value is -3.06. The first-order chi connectivity index (χ1) is 14.0. The number of nitrogens with zero attached hydrogens (tertiary/aromatic N) is 5. The van der Waals surface area contributed by atoms with Crippen molar-refractivity contribution in [2.24, 2.45) is 0 Å². The van der Waals surface area contributed by atoms with E-state index in [-0.39, 0.29) is 5.91 Å². The Morgan fingerprint density at radius 1 is 1.17 bits per heavy atom. The molecule has 3 heterocycles. The number of hydrogen-bond donors (Lipinski definition) is 0. The maximum absolute atomic E-state index is 13.6. The molecule has 1 amide bonds. The van der Waals surface area contributed by atoms with E-state index in [1.54, 1.807) is 15.8 Å². The number of benzene rings is 1. The predicted octanol–water partition coefficient (Wildman–Crippen LogP) is 4.68. The Bertz CT molecular complexity index is 1180. The Labute approximate surface area is 173 Å². The Kier molecular flexibility index (Phi) is 5.15. The van der Waals surface area contributed by atoms with Crippen LogP contribution < -0.4 is 4.90 Å². The van der Waals surface area contributed by atoms with Crippen LogP contribution in [0.5, 0.6) is 0 Å². The highest BCUT2D eigenvalue weighted by Crippen LogP contribution is 2.33. The number of rotatable bonds is 5. The van der Waals surface area contributed by atoms with Crippen LogP contribution in [-0.4, -0.2) is 25.7 Å². The minimum atomic E-state index is -0.119. The molecule has 6 nitrogen and oxygen atoms in total. The molecule has 0 aliphatic carbocycles. The molecule has 0 saturated carbocycles. The van der Waals surface area contributed by atoms with E-state index in [2.05, 4.69) is 36.1 Å². The molecule has 3 aromatic heterocycles. The molecule has 0 spiro atoms. The molecule has 0 atom stereocenters. The second-order valence-electron chi connectivity index (χ2n) is 7.05. The van der Waals surface area contributed by atoms with Crippen molar-refractivity contribution < 1.29 is 4.79 Å². The van der Waals surface area contributed by atoms with Crippen LogP contribution in [0, 0.1) is 20.8 Å². The lowest BCUT2D eigenvalue weighted by atomic mass is 10.1. The van der Waals surface area contributed by atoms with Crippen LogP contribution in [0.3, 0.4) is 0 Å². The third-order valence-electron chi connectivity index (χ3n) is 5.02. The van der Waals surface area contributed by atoms with Gasteiger partial charge in [0, 0.05) is 12.7 Å². The van der Waals surface area contributed by atoms with E-state index in [4.69, 9.17) is 4.98 Å². The number of carbonyl (C=O) groups excluding carboxylic acids is 1. The SMILES string of the molecule is CCn1nc(C)cc1C(=O)N(Cc1ccccn1)c1nc2c(C)c(C)ccc2s1. The molecule has 0 N–H and O–H groups in total. The van der Waals surface area contributed by atoms with Crippen LogP contribution in [0.15, 0.2) is 42.6 Å². The van der Waals surface area contributed by atoms with Crippen molar-refractivity contribution in [1.29, 1.82) is 0 Å². The average Bonchev–Trinajstić information content (AvgIpc) is 3.33. The molecule has 1 aromatic carbocycles. The van der Waals surface area contributed by atoms with Crippen LogP contribution in [0.2, 0.25) is 0 Å². The van der Waals surface area contributed by atoms with E-state index in [1.165, 1.54) is 16.9 Å². The quantitative estimate of drug-likeness (QED) is 0.484. The monoisotopic (exact) mass is 405 g/mol. The number of fused-ring (bicyclic) bond motifs is 1. The predicted molar refractivity (Wildman–Crippen MR) is 116 cm³/mol. The highest BCUT2D eigenvalue weighted by atomic mass is 32.1. The molecule has 4 rings (SSSR count). The fourth-order valence-electron chi connectivity index (χ4n) is 3.31. The van der Waals surface area contributed by atoms with Gasteiger partial charge in [0.15, 0.2) is 5.13 Å². The van der Waals surface area contributed by atoms with Crippen molar-refractivity contribution in [3.05, 3.63) is 70.8 Å². The van der Waals surface area contributed by atoms with Gasteiger partial charge in [-0.15, -0.1) is 0 Å². The summed E-state index contributed by atoms with van der Waals surface area (Å²) >= 11 is 1.53. The van der Waals surface area contributed by atoms with Gasteiger partial charge in [0.25, 0.3) is 5.91 Å². The van der Waals surface area contributed by atoms with Crippen LogP contribution >= 0.6 is 11.3 Å². The van der Waals surface area contributed by atoms with Crippen molar-refractivity contribution in [3.8, 4) is 0 Å². The van der Waals surface area contributed by atoms with E-state index in [0.717, 1.165) is 27.2 Å². The number of aryl methyl sites for hydroxylation is 4. The number of hydrogen-bond acceptors (Lipinski definition) is 5. The highest BCUT2D eigenvalue weighted by Gasteiger charge is 2.25. The molecular formula is C22H23N5OS. The molecular weight excluding hydrogens is 382 g/mol. The summed E-state index contributed by atoms with van der Waals surface area (Å²) in [6, 6.07) is 11.7. The largest absolute Gasteiger partial charge is 0.278 e. The lowest BCUT2D eigenvalue weighted by Gasteiger charge is -2.19. The smallest absolute Gasteiger partial charge is 0.277 e. The summed E-state index contributed by atoms with van der Waals surface area (Å²) in [7, 11) is 0. The second kappa shape index (κ2) is 7.75. The summed E-state index contributed by atoms with van der Waals surface area (Å²) in [5.41, 5.74) is 5.48. The highest BCUT2D eigenvalue weighted by molar-refractivity contribution is 7.22. The molecule has 0 radical (unpaired) electrons. The average molecular weight is 406 g/mol. The lowest BCUT2D eigenvalue weighted by molar-refractivity contribution is 0.0974. The van der Waals surface area contributed by atoms with Gasteiger partial charge in [0.05, 0.1) is 28.1 Å². The van der Waals surface area contributed by atoms with Crippen LogP contribution in [0.25, 0.3) is 10.2 Å². The molecule has 0 aliphatic rings. The standard InChI is InChI=1S/C22H23N5OS/c1-5-27-18(12-15(3)25-27)21(28)26(13-17-8-6-7-11-23-17)22-24-20-16(4)14(2)9-10-19(20)29-22/h6-12H,5,13H2,1-4H3. The van der Waals surface area contributed by atoms with E-state index >= 15 is 0 Å². The Morgan fingerprint density at radius 2 is 2.00 bits per heavy atom. The number of thiazole rings is 1. The van der Waals surface area contributed by atoms with Crippen molar-refractivity contribution >= 4 is 32.6 Å². The molecule has 29 heavy (non-hydrogen) atoms. The Morgan fingerprint density at radius 3 is 2.72 bits per heavy atom. The van der Waals surface area contributed by atoms with Crippen molar-refractivity contribution in [3.63, 3.8) is 0 Å². The molecule has 0 saturated heterocycles. The number of carbonyl (C=O) groups is 1. The molecule has 0 unspecified atom stereocenters. The zero-order valence-corrected chi connectivity index (χ0v) is 17.8. The first kappa shape index (κ1) is 19.3. The number of anilines is 1. The second-order valence-corrected chi connectivity index (χ2v) is 8.06. The first-order valence-corrected chi connectivity index (χ1v) is 10.4. The zero-order valence-electron chi connectivity index (χ0n) is 17.0. The summed E-state index contributed by atoms with van der Waals surface area (Å²) in [6.45, 7) is 9.01. The van der Waals surface area contributed by atoms with Crippen LogP contribution in [0.4, 0.5) is 5.13 Å². The number of amides is 1. The number of aromatic nitrogens is 4. The topological polar surface area (TPSA) is 63.9 Å². The molecule has 0 bridgehead atoms. The molecule has 148 valence electrons. The van der Waals surface area contributed by atoms with Gasteiger partial charge < -0.3 is 0 Å². The van der Waals surface area contributed by atoms with Crippen molar-refractivity contribution in [1.82, 2.24) is 19.7 Å². The van der Waals surface area contributed by atoms with E-state index < -0.39 is 0 Å². The maximum Gasteiger partial charge on any atom is 0.278 e. The first-order valence-electron chi connectivity index (χ1n) is 9.61. The zero-order chi connectivity index (χ0) is 20.5. The van der Waals surface area contributed by atoms with Gasteiger partial charge in [-0.2, -0.15) is 5.10 Å². The van der Waals surface area contributed by atoms with E-state index in [1.807, 2.05) is 38.1 Å². The van der Waals surface area contributed by atoms with Gasteiger partial charge in [-0.25, -0.2) is 4.98 Å². The van der Waals surface area contributed by atoms with Gasteiger partial charge in [-0.1, -0.05) is 23.5 Å². The molecule has 4 aromatic rings. The third-order valence-corrected chi connectivity index (χ3v) is 6.06. The van der Waals surface area contributed by atoms with E-state index in [9.17, 15) is 4.79 Å². The molecule has 0 aliphatic heterocycles. The fourth-order valence-corrected chi connectivity index (χ4v) is 4.33. The Balaban J connectivity index is 1.82. The van der Waals surface area contributed by atoms with Gasteiger partial charge in [-0.3, -0.25) is 19.4 Å². The van der Waals surface area contributed by atoms with Gasteiger partial charge in [-0.05, 0) is 63.1 Å². The fraction of sp³-hybridized carbons (Fsp3) is 0.273. The molecule has 7 heteroatoms. The summed E-state index contributed by atoms with van der Waals surface area (Å²) in [6.07, 6.45) is 1.74. The maximum atomic E-state index is 13.6. The normalized spacial score (nSPS) is 11.2. The summed E-state index contributed by atoms with van der Waals surface area (Å²) in [4.78, 5) is 24.5. The minimum absolute atomic E-state index is 0.119. The molecule has 0 fully saturated rings. The van der Waals surface area contributed by atoms with Crippen molar-refractivity contribution in [2.75, 3.05) is 4.90 Å². The van der Waals surface area contributed by atoms with Crippen molar-refractivity contribution in [2.45, 2.75) is 40.8 Å². The van der Waals surface area contributed by atoms with E-state index in [0.29, 0.717) is 23.9 Å². The van der Waals surface area contributed by atoms with Gasteiger partial charge in [0.2, 0.25) is 0 Å². The van der Waals surface area contributed by atoms with Gasteiger partial charge in [0.1, 0.15) is 5.69 Å². The minimum Gasteiger partial charge on any atom is -0.277 e. The lowest BCUT2D eigenvalue weighted by Crippen LogP contribution is -2.32. The number of pyridine rings is 1. The van der Waals surface area contributed by atoms with Crippen LogP contribution in [0.1, 0.15) is 39.9 Å². The summed E-state index contributed by atoms with van der Waals surface area (Å²) in [5.74, 6) is -0.119. The van der Waals surface area contributed by atoms with Gasteiger partial charge >= 0.3 is 0 Å². The van der Waals surface area contributed by atoms with Crippen LogP contribution in [-0.2, 0) is 13.1 Å². The summed E-state index contributed by atoms with van der Waals surface area (Å²) < 4.78 is 2.81. The summed E-state index contributed by atoms with van der Waals surface area (Å²) in [5, 5.41) is 5.11.